The van der Waals surface area contributed by atoms with Gasteiger partial charge in [-0.15, -0.1) is 11.3 Å². The SMILES string of the molecule is CC(C)NC(=O)NC(c1cccs1)C(C)C. The Kier molecular flexibility index (Phi) is 4.80. The number of urea groups is 1. The summed E-state index contributed by atoms with van der Waals surface area (Å²) in [6.07, 6.45) is 0. The van der Waals surface area contributed by atoms with E-state index in [0.29, 0.717) is 5.92 Å². The molecule has 2 N–H and O–H groups in total. The van der Waals surface area contributed by atoms with E-state index in [9.17, 15) is 4.79 Å². The molecule has 0 saturated carbocycles. The summed E-state index contributed by atoms with van der Waals surface area (Å²) in [7, 11) is 0. The summed E-state index contributed by atoms with van der Waals surface area (Å²) in [6.45, 7) is 8.13. The number of carbonyl (C=O) groups excluding carboxylic acids is 1. The standard InChI is InChI=1S/C12H20N2OS/c1-8(2)11(10-6-5-7-16-10)14-12(15)13-9(3)4/h5-9,11H,1-4H3,(H2,13,14,15). The van der Waals surface area contributed by atoms with Gasteiger partial charge in [-0.05, 0) is 31.2 Å². The maximum atomic E-state index is 11.6. The molecule has 1 aromatic heterocycles. The molecule has 3 nitrogen and oxygen atoms in total. The number of nitrogens with one attached hydrogen (secondary N) is 2. The fourth-order valence-corrected chi connectivity index (χ4v) is 2.43. The lowest BCUT2D eigenvalue weighted by Crippen LogP contribution is -2.42. The van der Waals surface area contributed by atoms with Gasteiger partial charge in [0.2, 0.25) is 0 Å². The van der Waals surface area contributed by atoms with Crippen LogP contribution in [0.15, 0.2) is 17.5 Å². The molecule has 1 heterocycles. The van der Waals surface area contributed by atoms with Gasteiger partial charge in [0.05, 0.1) is 6.04 Å². The predicted octanol–water partition coefficient (Wildman–Crippen LogP) is 3.15. The largest absolute Gasteiger partial charge is 0.336 e. The van der Waals surface area contributed by atoms with E-state index in [-0.39, 0.29) is 18.1 Å². The van der Waals surface area contributed by atoms with Crippen molar-refractivity contribution < 1.29 is 4.79 Å². The Morgan fingerprint density at radius 2 is 1.94 bits per heavy atom. The highest BCUT2D eigenvalue weighted by Gasteiger charge is 2.19. The fourth-order valence-electron chi connectivity index (χ4n) is 1.48. The van der Waals surface area contributed by atoms with Gasteiger partial charge < -0.3 is 10.6 Å². The number of carbonyl (C=O) groups is 1. The minimum atomic E-state index is -0.0953. The van der Waals surface area contributed by atoms with Gasteiger partial charge in [0, 0.05) is 10.9 Å². The van der Waals surface area contributed by atoms with E-state index in [1.54, 1.807) is 11.3 Å². The number of hydrogen-bond donors (Lipinski definition) is 2. The van der Waals surface area contributed by atoms with Gasteiger partial charge in [-0.2, -0.15) is 0 Å². The van der Waals surface area contributed by atoms with Crippen molar-refractivity contribution in [3.63, 3.8) is 0 Å². The van der Waals surface area contributed by atoms with Gasteiger partial charge in [0.1, 0.15) is 0 Å². The summed E-state index contributed by atoms with van der Waals surface area (Å²) in [5.74, 6) is 0.386. The highest BCUT2D eigenvalue weighted by molar-refractivity contribution is 7.10. The maximum absolute atomic E-state index is 11.6. The summed E-state index contributed by atoms with van der Waals surface area (Å²) in [4.78, 5) is 12.8. The van der Waals surface area contributed by atoms with Crippen molar-refractivity contribution in [1.82, 2.24) is 10.6 Å². The van der Waals surface area contributed by atoms with E-state index in [1.165, 1.54) is 4.88 Å². The molecule has 1 rings (SSSR count). The molecule has 0 radical (unpaired) electrons. The van der Waals surface area contributed by atoms with Crippen LogP contribution in [-0.4, -0.2) is 12.1 Å². The highest BCUT2D eigenvalue weighted by atomic mass is 32.1. The number of amides is 2. The van der Waals surface area contributed by atoms with Crippen LogP contribution in [0, 0.1) is 5.92 Å². The molecule has 16 heavy (non-hydrogen) atoms. The second-order valence-corrected chi connectivity index (χ2v) is 5.49. The lowest BCUT2D eigenvalue weighted by Gasteiger charge is -2.22. The zero-order valence-corrected chi connectivity index (χ0v) is 11.1. The van der Waals surface area contributed by atoms with Gasteiger partial charge in [0.25, 0.3) is 0 Å². The second-order valence-electron chi connectivity index (χ2n) is 4.51. The topological polar surface area (TPSA) is 41.1 Å². The Morgan fingerprint density at radius 1 is 1.25 bits per heavy atom. The van der Waals surface area contributed by atoms with Crippen molar-refractivity contribution in [3.05, 3.63) is 22.4 Å². The first-order chi connectivity index (χ1) is 7.50. The Bertz CT molecular complexity index is 320. The van der Waals surface area contributed by atoms with Crippen molar-refractivity contribution in [2.75, 3.05) is 0 Å². The van der Waals surface area contributed by atoms with Crippen molar-refractivity contribution in [3.8, 4) is 0 Å². The minimum absolute atomic E-state index is 0.0953. The number of hydrogen-bond acceptors (Lipinski definition) is 2. The quantitative estimate of drug-likeness (QED) is 0.834. The van der Waals surface area contributed by atoms with Crippen molar-refractivity contribution >= 4 is 17.4 Å². The number of rotatable bonds is 4. The Morgan fingerprint density at radius 3 is 2.38 bits per heavy atom. The zero-order valence-electron chi connectivity index (χ0n) is 10.3. The second kappa shape index (κ2) is 5.89. The van der Waals surface area contributed by atoms with Crippen LogP contribution in [0.3, 0.4) is 0 Å². The predicted molar refractivity (Wildman–Crippen MR) is 68.7 cm³/mol. The van der Waals surface area contributed by atoms with Crippen LogP contribution in [0.5, 0.6) is 0 Å². The van der Waals surface area contributed by atoms with Crippen molar-refractivity contribution in [2.45, 2.75) is 39.8 Å². The Labute approximate surface area is 101 Å². The molecule has 0 bridgehead atoms. The molecule has 0 saturated heterocycles. The average Bonchev–Trinajstić information content (AvgIpc) is 2.64. The third kappa shape index (κ3) is 3.85. The van der Waals surface area contributed by atoms with E-state index in [2.05, 4.69) is 30.5 Å². The van der Waals surface area contributed by atoms with Crippen molar-refractivity contribution in [1.29, 1.82) is 0 Å². The monoisotopic (exact) mass is 240 g/mol. The van der Waals surface area contributed by atoms with Gasteiger partial charge in [-0.3, -0.25) is 0 Å². The van der Waals surface area contributed by atoms with Crippen LogP contribution in [0.4, 0.5) is 4.79 Å². The summed E-state index contributed by atoms with van der Waals surface area (Å²) >= 11 is 1.68. The maximum Gasteiger partial charge on any atom is 0.315 e. The molecule has 0 aromatic carbocycles. The van der Waals surface area contributed by atoms with Crippen LogP contribution in [0.25, 0.3) is 0 Å². The smallest absolute Gasteiger partial charge is 0.315 e. The van der Waals surface area contributed by atoms with Crippen LogP contribution >= 0.6 is 11.3 Å². The van der Waals surface area contributed by atoms with Crippen LogP contribution in [0.2, 0.25) is 0 Å². The minimum Gasteiger partial charge on any atom is -0.336 e. The zero-order chi connectivity index (χ0) is 12.1. The summed E-state index contributed by atoms with van der Waals surface area (Å²) < 4.78 is 0. The van der Waals surface area contributed by atoms with E-state index < -0.39 is 0 Å². The van der Waals surface area contributed by atoms with E-state index in [1.807, 2.05) is 25.3 Å². The molecule has 0 aliphatic heterocycles. The Balaban J connectivity index is 2.63. The van der Waals surface area contributed by atoms with E-state index >= 15 is 0 Å². The molecule has 4 heteroatoms. The summed E-state index contributed by atoms with van der Waals surface area (Å²) in [5, 5.41) is 7.89. The molecule has 0 spiro atoms. The molecule has 90 valence electrons. The summed E-state index contributed by atoms with van der Waals surface area (Å²) in [5.41, 5.74) is 0. The van der Waals surface area contributed by atoms with Gasteiger partial charge in [-0.1, -0.05) is 19.9 Å². The molecular formula is C12H20N2OS. The first-order valence-corrected chi connectivity index (χ1v) is 6.49. The van der Waals surface area contributed by atoms with Gasteiger partial charge in [-0.25, -0.2) is 4.79 Å². The molecule has 1 unspecified atom stereocenters. The first-order valence-electron chi connectivity index (χ1n) is 5.61. The molecule has 0 fully saturated rings. The molecule has 0 aliphatic carbocycles. The van der Waals surface area contributed by atoms with Gasteiger partial charge >= 0.3 is 6.03 Å². The normalized spacial score (nSPS) is 12.9. The molecule has 0 aliphatic rings. The van der Waals surface area contributed by atoms with Crippen LogP contribution in [-0.2, 0) is 0 Å². The van der Waals surface area contributed by atoms with Crippen molar-refractivity contribution in [2.24, 2.45) is 5.92 Å². The molecule has 1 aromatic rings. The van der Waals surface area contributed by atoms with Crippen LogP contribution < -0.4 is 10.6 Å². The lowest BCUT2D eigenvalue weighted by atomic mass is 10.0. The van der Waals surface area contributed by atoms with E-state index in [4.69, 9.17) is 0 Å². The highest BCUT2D eigenvalue weighted by Crippen LogP contribution is 2.25. The average molecular weight is 240 g/mol. The third-order valence-corrected chi connectivity index (χ3v) is 3.18. The summed E-state index contributed by atoms with van der Waals surface area (Å²) in [6, 6.07) is 4.24. The lowest BCUT2D eigenvalue weighted by molar-refractivity contribution is 0.231. The molecule has 2 amide bonds. The van der Waals surface area contributed by atoms with Gasteiger partial charge in [0.15, 0.2) is 0 Å². The van der Waals surface area contributed by atoms with E-state index in [0.717, 1.165) is 0 Å². The fraction of sp³-hybridized carbons (Fsp3) is 0.583. The Hall–Kier alpha value is -1.03. The first kappa shape index (κ1) is 13.0. The molecule has 1 atom stereocenters. The third-order valence-electron chi connectivity index (χ3n) is 2.22. The number of thiophene rings is 1. The molecular weight excluding hydrogens is 220 g/mol. The van der Waals surface area contributed by atoms with Crippen LogP contribution in [0.1, 0.15) is 38.6 Å².